The molecule has 3 aromatic heterocycles. The van der Waals surface area contributed by atoms with Gasteiger partial charge in [-0.15, -0.1) is 0 Å². The molecule has 2 amide bonds. The van der Waals surface area contributed by atoms with Crippen LogP contribution in [0.25, 0.3) is 22.2 Å². The summed E-state index contributed by atoms with van der Waals surface area (Å²) in [6, 6.07) is 7.74. The monoisotopic (exact) mass is 636 g/mol. The maximum Gasteiger partial charge on any atom is 0.482 e. The Bertz CT molecular complexity index is 1790. The average molecular weight is 637 g/mol. The maximum atomic E-state index is 15.0. The highest BCUT2D eigenvalue weighted by Gasteiger charge is 2.50. The number of ether oxygens (including phenoxy) is 1. The molecule has 1 saturated carbocycles. The minimum Gasteiger partial charge on any atom is -0.423 e. The smallest absolute Gasteiger partial charge is 0.423 e. The number of primary amides is 1. The summed E-state index contributed by atoms with van der Waals surface area (Å²) in [6.07, 6.45) is 1.53. The number of fused-ring (bicyclic) bond motifs is 2. The summed E-state index contributed by atoms with van der Waals surface area (Å²) in [4.78, 5) is 38.2. The number of rotatable bonds is 9. The Morgan fingerprint density at radius 2 is 1.93 bits per heavy atom. The predicted octanol–water partition coefficient (Wildman–Crippen LogP) is 3.62. The minimum absolute atomic E-state index is 0.141. The molecule has 1 aromatic carbocycles. The topological polar surface area (TPSA) is 132 Å². The number of carbonyl (C=O) groups excluding carboxylic acids is 2. The molecule has 7 rings (SSSR count). The fourth-order valence-electron chi connectivity index (χ4n) is 6.02. The molecule has 4 aromatic rings. The lowest BCUT2D eigenvalue weighted by atomic mass is 9.93. The molecule has 0 radical (unpaired) electrons. The van der Waals surface area contributed by atoms with Crippen molar-refractivity contribution in [2.45, 2.75) is 38.5 Å². The van der Waals surface area contributed by atoms with Gasteiger partial charge in [0.25, 0.3) is 5.91 Å². The van der Waals surface area contributed by atoms with Crippen LogP contribution in [0.15, 0.2) is 42.7 Å². The molecule has 0 spiro atoms. The van der Waals surface area contributed by atoms with E-state index >= 15 is 0 Å². The molecular weight excluding hydrogens is 606 g/mol. The number of hydrogen-bond donors (Lipinski definition) is 2. The Balaban J connectivity index is 1.32. The van der Waals surface area contributed by atoms with Crippen molar-refractivity contribution in [2.75, 3.05) is 37.6 Å². The third-order valence-electron chi connectivity index (χ3n) is 8.50. The zero-order valence-electron chi connectivity index (χ0n) is 24.3. The number of amides is 2. The van der Waals surface area contributed by atoms with E-state index < -0.39 is 17.9 Å². The number of carbonyl (C=O) groups is 2. The van der Waals surface area contributed by atoms with Gasteiger partial charge in [-0.3, -0.25) is 24.4 Å². The summed E-state index contributed by atoms with van der Waals surface area (Å²) >= 11 is 5.93. The molecule has 11 nitrogen and oxygen atoms in total. The van der Waals surface area contributed by atoms with Crippen molar-refractivity contribution in [3.63, 3.8) is 0 Å². The second kappa shape index (κ2) is 11.6. The number of benzene rings is 1. The van der Waals surface area contributed by atoms with Crippen molar-refractivity contribution < 1.29 is 23.1 Å². The van der Waals surface area contributed by atoms with Crippen LogP contribution in [-0.2, 0) is 24.3 Å². The van der Waals surface area contributed by atoms with E-state index in [0.717, 1.165) is 50.5 Å². The van der Waals surface area contributed by atoms with Crippen LogP contribution in [0.3, 0.4) is 0 Å². The van der Waals surface area contributed by atoms with E-state index in [-0.39, 0.29) is 23.5 Å². The maximum absolute atomic E-state index is 15.0. The lowest BCUT2D eigenvalue weighted by Crippen LogP contribution is -2.50. The van der Waals surface area contributed by atoms with E-state index in [4.69, 9.17) is 27.1 Å². The van der Waals surface area contributed by atoms with Gasteiger partial charge >= 0.3 is 12.0 Å². The third-order valence-corrected chi connectivity index (χ3v) is 8.73. The average Bonchev–Trinajstić information content (AvgIpc) is 3.75. The first-order chi connectivity index (χ1) is 21.7. The van der Waals surface area contributed by atoms with Gasteiger partial charge in [0, 0.05) is 49.9 Å². The van der Waals surface area contributed by atoms with Gasteiger partial charge in [0.05, 0.1) is 46.9 Å². The van der Waals surface area contributed by atoms with Crippen LogP contribution in [0, 0.1) is 5.92 Å². The molecule has 1 aliphatic carbocycles. The van der Waals surface area contributed by atoms with Crippen molar-refractivity contribution in [2.24, 2.45) is 11.7 Å². The normalized spacial score (nSPS) is 18.2. The number of hydrogen-bond acceptors (Lipinski definition) is 8. The van der Waals surface area contributed by atoms with Gasteiger partial charge in [0.2, 0.25) is 0 Å². The quantitative estimate of drug-likeness (QED) is 0.285. The standard InChI is InChI=1S/C31H31ClF2N8O3/c32-20-4-5-21(37-15-20)17-41-24-6-3-19(14-25(24)45-31(33,34)30(41)44)26-22-16-38-42(12-11-40-9-7-36-8-10-40)29(22)39-23(13-18-1-2-18)27(26)28(35)43/h3-6,14-16,18,36H,1-2,7-13,17H2,(H2,35,43). The van der Waals surface area contributed by atoms with Crippen LogP contribution in [0.5, 0.6) is 5.75 Å². The van der Waals surface area contributed by atoms with E-state index in [0.29, 0.717) is 57.5 Å². The largest absolute Gasteiger partial charge is 0.482 e. The SMILES string of the molecule is NC(=O)c1c(CC2CC2)nc2c(cnn2CCN2CCNCC2)c1-c1ccc2c(c1)OC(F)(F)C(=O)N2Cc1ccc(Cl)cn1. The van der Waals surface area contributed by atoms with E-state index in [1.807, 2.05) is 4.68 Å². The number of pyridine rings is 2. The number of nitrogens with two attached hydrogens (primary N) is 1. The molecule has 234 valence electrons. The van der Waals surface area contributed by atoms with Crippen LogP contribution in [-0.4, -0.2) is 75.3 Å². The summed E-state index contributed by atoms with van der Waals surface area (Å²) in [5, 5.41) is 8.93. The Hall–Kier alpha value is -4.20. The van der Waals surface area contributed by atoms with Crippen LogP contribution < -0.4 is 20.7 Å². The van der Waals surface area contributed by atoms with E-state index in [1.54, 1.807) is 24.4 Å². The molecule has 0 unspecified atom stereocenters. The van der Waals surface area contributed by atoms with Gasteiger partial charge in [-0.25, -0.2) is 9.67 Å². The Morgan fingerprint density at radius 3 is 2.64 bits per heavy atom. The zero-order valence-corrected chi connectivity index (χ0v) is 25.1. The number of nitrogens with zero attached hydrogens (tertiary/aromatic N) is 6. The summed E-state index contributed by atoms with van der Waals surface area (Å²) in [6.45, 7) is 4.86. The van der Waals surface area contributed by atoms with Crippen molar-refractivity contribution >= 4 is 40.1 Å². The second-order valence-corrected chi connectivity index (χ2v) is 12.1. The molecule has 0 bridgehead atoms. The third kappa shape index (κ3) is 5.83. The van der Waals surface area contributed by atoms with Gasteiger partial charge in [0.15, 0.2) is 11.4 Å². The van der Waals surface area contributed by atoms with E-state index in [9.17, 15) is 18.4 Å². The number of nitrogens with one attached hydrogen (secondary N) is 1. The highest BCUT2D eigenvalue weighted by Crippen LogP contribution is 2.44. The lowest BCUT2D eigenvalue weighted by molar-refractivity contribution is -0.193. The minimum atomic E-state index is -4.12. The fourth-order valence-corrected chi connectivity index (χ4v) is 6.13. The number of anilines is 1. The molecule has 2 aliphatic heterocycles. The van der Waals surface area contributed by atoms with Crippen LogP contribution in [0.1, 0.15) is 34.6 Å². The summed E-state index contributed by atoms with van der Waals surface area (Å²) in [5.74, 6) is -2.01. The van der Waals surface area contributed by atoms with Gasteiger partial charge in [0.1, 0.15) is 0 Å². The van der Waals surface area contributed by atoms with Crippen LogP contribution in [0.4, 0.5) is 14.5 Å². The van der Waals surface area contributed by atoms with Crippen molar-refractivity contribution in [1.82, 2.24) is 30.0 Å². The second-order valence-electron chi connectivity index (χ2n) is 11.7. The van der Waals surface area contributed by atoms with Crippen molar-refractivity contribution in [3.05, 3.63) is 64.7 Å². The van der Waals surface area contributed by atoms with Gasteiger partial charge < -0.3 is 15.8 Å². The van der Waals surface area contributed by atoms with Gasteiger partial charge in [-0.1, -0.05) is 17.7 Å². The first-order valence-corrected chi connectivity index (χ1v) is 15.3. The molecule has 5 heterocycles. The summed E-state index contributed by atoms with van der Waals surface area (Å²) in [5.41, 5.74) is 8.75. The Kier molecular flexibility index (Phi) is 7.62. The van der Waals surface area contributed by atoms with E-state index in [2.05, 4.69) is 20.3 Å². The van der Waals surface area contributed by atoms with Crippen LogP contribution in [0.2, 0.25) is 5.02 Å². The molecule has 45 heavy (non-hydrogen) atoms. The van der Waals surface area contributed by atoms with Crippen LogP contribution >= 0.6 is 11.6 Å². The predicted molar refractivity (Wildman–Crippen MR) is 163 cm³/mol. The fraction of sp³-hybridized carbons (Fsp3) is 0.387. The van der Waals surface area contributed by atoms with Crippen molar-refractivity contribution in [3.8, 4) is 16.9 Å². The summed E-state index contributed by atoms with van der Waals surface area (Å²) < 4.78 is 36.8. The lowest BCUT2D eigenvalue weighted by Gasteiger charge is -2.33. The van der Waals surface area contributed by atoms with Gasteiger partial charge in [-0.2, -0.15) is 13.9 Å². The molecule has 0 atom stereocenters. The molecule has 3 N–H and O–H groups in total. The zero-order chi connectivity index (χ0) is 31.3. The van der Waals surface area contributed by atoms with Crippen molar-refractivity contribution in [1.29, 1.82) is 0 Å². The number of alkyl halides is 2. The first kappa shape index (κ1) is 29.5. The molecule has 1 saturated heterocycles. The first-order valence-electron chi connectivity index (χ1n) is 14.9. The summed E-state index contributed by atoms with van der Waals surface area (Å²) in [7, 11) is 0. The highest BCUT2D eigenvalue weighted by molar-refractivity contribution is 6.30. The van der Waals surface area contributed by atoms with E-state index in [1.165, 1.54) is 18.3 Å². The highest BCUT2D eigenvalue weighted by atomic mass is 35.5. The molecule has 2 fully saturated rings. The number of halogens is 3. The number of piperazine rings is 1. The Labute approximate surface area is 262 Å². The molecular formula is C31H31ClF2N8O3. The molecule has 3 aliphatic rings. The number of aromatic nitrogens is 4. The van der Waals surface area contributed by atoms with Gasteiger partial charge in [-0.05, 0) is 55.0 Å². The molecule has 14 heteroatoms. The Morgan fingerprint density at radius 1 is 1.13 bits per heavy atom.